The van der Waals surface area contributed by atoms with Crippen LogP contribution in [-0.4, -0.2) is 34.0 Å². The van der Waals surface area contributed by atoms with Crippen LogP contribution in [0.3, 0.4) is 0 Å². The second-order valence-corrected chi connectivity index (χ2v) is 5.31. The first-order valence-electron chi connectivity index (χ1n) is 6.75. The Balaban J connectivity index is 2.27. The number of halogens is 1. The molecule has 0 saturated carbocycles. The van der Waals surface area contributed by atoms with Crippen LogP contribution >= 0.6 is 11.6 Å². The fourth-order valence-electron chi connectivity index (χ4n) is 2.52. The fourth-order valence-corrected chi connectivity index (χ4v) is 2.93. The van der Waals surface area contributed by atoms with Crippen LogP contribution in [0.15, 0.2) is 12.1 Å². The zero-order chi connectivity index (χ0) is 14.5. The van der Waals surface area contributed by atoms with Crippen molar-refractivity contribution < 1.29 is 18.9 Å². The average molecular weight is 301 g/mol. The molecule has 1 aromatic rings. The number of hydrogen-bond donors (Lipinski definition) is 0. The fraction of sp³-hybridized carbons (Fsp3) is 0.600. The van der Waals surface area contributed by atoms with E-state index in [0.717, 1.165) is 31.4 Å². The van der Waals surface area contributed by atoms with Crippen LogP contribution in [0.1, 0.15) is 30.2 Å². The minimum atomic E-state index is -0.214. The maximum atomic E-state index is 6.57. The van der Waals surface area contributed by atoms with Crippen molar-refractivity contribution in [3.63, 3.8) is 0 Å². The number of benzene rings is 1. The zero-order valence-electron chi connectivity index (χ0n) is 12.1. The SMILES string of the molecule is COc1cc(OC)c(C(Cl)CC2CCCO2)c(OC)c1. The number of ether oxygens (including phenoxy) is 4. The second-order valence-electron chi connectivity index (χ2n) is 4.78. The minimum Gasteiger partial charge on any atom is -0.496 e. The smallest absolute Gasteiger partial charge is 0.130 e. The van der Waals surface area contributed by atoms with E-state index in [0.29, 0.717) is 17.2 Å². The van der Waals surface area contributed by atoms with E-state index < -0.39 is 0 Å². The Bertz CT molecular complexity index is 418. The van der Waals surface area contributed by atoms with Gasteiger partial charge < -0.3 is 18.9 Å². The lowest BCUT2D eigenvalue weighted by Gasteiger charge is -2.20. The second kappa shape index (κ2) is 7.04. The molecule has 0 aliphatic carbocycles. The molecule has 2 unspecified atom stereocenters. The molecule has 0 amide bonds. The standard InChI is InChI=1S/C15H21ClO4/c1-17-11-8-13(18-2)15(14(9-11)19-3)12(16)7-10-5-4-6-20-10/h8-10,12H,4-7H2,1-3H3. The third kappa shape index (κ3) is 3.30. The molecule has 1 aromatic carbocycles. The Labute approximate surface area is 124 Å². The molecular weight excluding hydrogens is 280 g/mol. The molecule has 0 bridgehead atoms. The van der Waals surface area contributed by atoms with Gasteiger partial charge in [0.2, 0.25) is 0 Å². The van der Waals surface area contributed by atoms with Gasteiger partial charge in [0.05, 0.1) is 38.4 Å². The lowest BCUT2D eigenvalue weighted by atomic mass is 10.0. The van der Waals surface area contributed by atoms with Crippen LogP contribution in [0.25, 0.3) is 0 Å². The van der Waals surface area contributed by atoms with Crippen LogP contribution in [0.2, 0.25) is 0 Å². The van der Waals surface area contributed by atoms with E-state index in [1.165, 1.54) is 0 Å². The van der Waals surface area contributed by atoms with Gasteiger partial charge in [0.15, 0.2) is 0 Å². The maximum Gasteiger partial charge on any atom is 0.130 e. The first kappa shape index (κ1) is 15.3. The summed E-state index contributed by atoms with van der Waals surface area (Å²) in [5.41, 5.74) is 0.855. The highest BCUT2D eigenvalue weighted by molar-refractivity contribution is 6.21. The van der Waals surface area contributed by atoms with Gasteiger partial charge in [0.1, 0.15) is 17.2 Å². The third-order valence-electron chi connectivity index (χ3n) is 3.56. The van der Waals surface area contributed by atoms with E-state index in [-0.39, 0.29) is 11.5 Å². The largest absolute Gasteiger partial charge is 0.496 e. The lowest BCUT2D eigenvalue weighted by molar-refractivity contribution is 0.103. The molecule has 1 saturated heterocycles. The number of rotatable bonds is 6. The quantitative estimate of drug-likeness (QED) is 0.753. The van der Waals surface area contributed by atoms with E-state index in [2.05, 4.69) is 0 Å². The zero-order valence-corrected chi connectivity index (χ0v) is 12.9. The molecule has 1 aliphatic rings. The monoisotopic (exact) mass is 300 g/mol. The summed E-state index contributed by atoms with van der Waals surface area (Å²) >= 11 is 6.57. The number of alkyl halides is 1. The Hall–Kier alpha value is -1.13. The van der Waals surface area contributed by atoms with Gasteiger partial charge >= 0.3 is 0 Å². The summed E-state index contributed by atoms with van der Waals surface area (Å²) < 4.78 is 21.7. The highest BCUT2D eigenvalue weighted by Gasteiger charge is 2.26. The molecule has 112 valence electrons. The lowest BCUT2D eigenvalue weighted by Crippen LogP contribution is -2.10. The molecule has 0 aromatic heterocycles. The Kier molecular flexibility index (Phi) is 5.38. The summed E-state index contributed by atoms with van der Waals surface area (Å²) in [5, 5.41) is -0.214. The molecule has 2 atom stereocenters. The van der Waals surface area contributed by atoms with Crippen molar-refractivity contribution in [2.75, 3.05) is 27.9 Å². The van der Waals surface area contributed by atoms with Crippen molar-refractivity contribution in [2.45, 2.75) is 30.7 Å². The van der Waals surface area contributed by atoms with Gasteiger partial charge in [-0.25, -0.2) is 0 Å². The number of hydrogen-bond acceptors (Lipinski definition) is 4. The molecule has 2 rings (SSSR count). The maximum absolute atomic E-state index is 6.57. The van der Waals surface area contributed by atoms with Crippen molar-refractivity contribution in [2.24, 2.45) is 0 Å². The van der Waals surface area contributed by atoms with E-state index in [1.807, 2.05) is 12.1 Å². The minimum absolute atomic E-state index is 0.214. The van der Waals surface area contributed by atoms with Gasteiger partial charge in [-0.2, -0.15) is 0 Å². The van der Waals surface area contributed by atoms with Gasteiger partial charge in [-0.15, -0.1) is 11.6 Å². The highest BCUT2D eigenvalue weighted by atomic mass is 35.5. The molecule has 0 spiro atoms. The van der Waals surface area contributed by atoms with Gasteiger partial charge in [-0.1, -0.05) is 0 Å². The molecule has 4 nitrogen and oxygen atoms in total. The summed E-state index contributed by atoms with van der Waals surface area (Å²) in [6.07, 6.45) is 3.13. The van der Waals surface area contributed by atoms with Crippen molar-refractivity contribution >= 4 is 11.6 Å². The molecule has 1 fully saturated rings. The summed E-state index contributed by atoms with van der Waals surface area (Å²) in [5.74, 6) is 2.04. The van der Waals surface area contributed by atoms with E-state index in [4.69, 9.17) is 30.5 Å². The molecule has 1 heterocycles. The van der Waals surface area contributed by atoms with Crippen LogP contribution in [0, 0.1) is 0 Å². The molecule has 0 N–H and O–H groups in total. The summed E-state index contributed by atoms with van der Waals surface area (Å²) in [7, 11) is 4.85. The summed E-state index contributed by atoms with van der Waals surface area (Å²) in [6, 6.07) is 3.64. The van der Waals surface area contributed by atoms with Crippen LogP contribution in [-0.2, 0) is 4.74 Å². The normalized spacial score (nSPS) is 19.7. The van der Waals surface area contributed by atoms with Crippen molar-refractivity contribution in [1.82, 2.24) is 0 Å². The predicted molar refractivity (Wildman–Crippen MR) is 78.3 cm³/mol. The first-order valence-corrected chi connectivity index (χ1v) is 7.18. The summed E-state index contributed by atoms with van der Waals surface area (Å²) in [4.78, 5) is 0. The predicted octanol–water partition coefficient (Wildman–Crippen LogP) is 3.56. The Morgan fingerprint density at radius 1 is 1.20 bits per heavy atom. The van der Waals surface area contributed by atoms with Crippen molar-refractivity contribution in [3.05, 3.63) is 17.7 Å². The third-order valence-corrected chi connectivity index (χ3v) is 3.96. The highest BCUT2D eigenvalue weighted by Crippen LogP contribution is 2.43. The Morgan fingerprint density at radius 3 is 2.30 bits per heavy atom. The van der Waals surface area contributed by atoms with Crippen LogP contribution in [0.5, 0.6) is 17.2 Å². The number of methoxy groups -OCH3 is 3. The van der Waals surface area contributed by atoms with Gasteiger partial charge in [0, 0.05) is 18.7 Å². The van der Waals surface area contributed by atoms with Crippen LogP contribution in [0.4, 0.5) is 0 Å². The van der Waals surface area contributed by atoms with E-state index >= 15 is 0 Å². The van der Waals surface area contributed by atoms with E-state index in [1.54, 1.807) is 21.3 Å². The molecule has 1 aliphatic heterocycles. The topological polar surface area (TPSA) is 36.9 Å². The molecule has 5 heteroatoms. The van der Waals surface area contributed by atoms with Gasteiger partial charge in [-0.3, -0.25) is 0 Å². The molecule has 20 heavy (non-hydrogen) atoms. The van der Waals surface area contributed by atoms with Crippen molar-refractivity contribution in [1.29, 1.82) is 0 Å². The van der Waals surface area contributed by atoms with E-state index in [9.17, 15) is 0 Å². The first-order chi connectivity index (χ1) is 9.69. The molecular formula is C15H21ClO4. The average Bonchev–Trinajstić information content (AvgIpc) is 2.98. The van der Waals surface area contributed by atoms with Gasteiger partial charge in [-0.05, 0) is 19.3 Å². The summed E-state index contributed by atoms with van der Waals surface area (Å²) in [6.45, 7) is 0.825. The van der Waals surface area contributed by atoms with Crippen molar-refractivity contribution in [3.8, 4) is 17.2 Å². The van der Waals surface area contributed by atoms with Gasteiger partial charge in [0.25, 0.3) is 0 Å². The molecule has 0 radical (unpaired) electrons. The Morgan fingerprint density at radius 2 is 1.85 bits per heavy atom. The van der Waals surface area contributed by atoms with Crippen LogP contribution < -0.4 is 14.2 Å².